The molecule has 3 heterocycles. The summed E-state index contributed by atoms with van der Waals surface area (Å²) in [7, 11) is 0. The van der Waals surface area contributed by atoms with Crippen LogP contribution in [-0.2, 0) is 0 Å². The number of halogens is 1. The lowest BCUT2D eigenvalue weighted by molar-refractivity contribution is 0.351. The standard InChI is InChI=1S/C13H16BrN3O/c1-2-16-7-6-9(8-16)13-15-12(14)10-4-3-5-11(18)17(10)13/h3-5,9,18H,2,6-8H2,1H3. The van der Waals surface area contributed by atoms with Gasteiger partial charge in [-0.1, -0.05) is 13.0 Å². The van der Waals surface area contributed by atoms with Crippen LogP contribution >= 0.6 is 15.9 Å². The normalized spacial score (nSPS) is 20.9. The van der Waals surface area contributed by atoms with E-state index in [1.807, 2.05) is 16.5 Å². The molecule has 0 aliphatic carbocycles. The Morgan fingerprint density at radius 3 is 3.06 bits per heavy atom. The van der Waals surface area contributed by atoms with E-state index in [0.717, 1.165) is 42.0 Å². The highest BCUT2D eigenvalue weighted by atomic mass is 79.9. The molecule has 0 aromatic carbocycles. The second kappa shape index (κ2) is 4.55. The first-order valence-electron chi connectivity index (χ1n) is 6.29. The van der Waals surface area contributed by atoms with Gasteiger partial charge in [0.2, 0.25) is 0 Å². The Morgan fingerprint density at radius 1 is 1.50 bits per heavy atom. The van der Waals surface area contributed by atoms with Crippen molar-refractivity contribution in [1.82, 2.24) is 14.3 Å². The molecule has 1 aliphatic heterocycles. The quantitative estimate of drug-likeness (QED) is 0.927. The van der Waals surface area contributed by atoms with Crippen LogP contribution in [0, 0.1) is 0 Å². The minimum absolute atomic E-state index is 0.260. The smallest absolute Gasteiger partial charge is 0.197 e. The molecule has 1 N–H and O–H groups in total. The SMILES string of the molecule is CCN1CCC(c2nc(Br)c3cccc(O)n23)C1. The maximum atomic E-state index is 10.0. The number of aromatic nitrogens is 2. The third-order valence-corrected chi connectivity index (χ3v) is 4.29. The van der Waals surface area contributed by atoms with Gasteiger partial charge in [-0.05, 0) is 47.6 Å². The topological polar surface area (TPSA) is 40.8 Å². The highest BCUT2D eigenvalue weighted by Gasteiger charge is 2.27. The van der Waals surface area contributed by atoms with Gasteiger partial charge in [0.1, 0.15) is 10.4 Å². The number of aromatic hydroxyl groups is 1. The first-order valence-corrected chi connectivity index (χ1v) is 7.08. The summed E-state index contributed by atoms with van der Waals surface area (Å²) < 4.78 is 2.66. The fourth-order valence-corrected chi connectivity index (χ4v) is 3.20. The number of imidazole rings is 1. The second-order valence-electron chi connectivity index (χ2n) is 4.74. The van der Waals surface area contributed by atoms with E-state index in [0.29, 0.717) is 5.92 Å². The van der Waals surface area contributed by atoms with Gasteiger partial charge in [0.05, 0.1) is 5.52 Å². The fourth-order valence-electron chi connectivity index (χ4n) is 2.71. The summed E-state index contributed by atoms with van der Waals surface area (Å²) in [5, 5.41) is 10.0. The Balaban J connectivity index is 2.07. The van der Waals surface area contributed by atoms with Gasteiger partial charge in [-0.2, -0.15) is 0 Å². The lowest BCUT2D eigenvalue weighted by atomic mass is 10.1. The summed E-state index contributed by atoms with van der Waals surface area (Å²) in [5.74, 6) is 1.62. The van der Waals surface area contributed by atoms with Crippen LogP contribution < -0.4 is 0 Å². The Kier molecular flexibility index (Phi) is 3.03. The monoisotopic (exact) mass is 309 g/mol. The van der Waals surface area contributed by atoms with Crippen LogP contribution in [0.3, 0.4) is 0 Å². The minimum Gasteiger partial charge on any atom is -0.494 e. The summed E-state index contributed by atoms with van der Waals surface area (Å²) in [6, 6.07) is 5.51. The molecule has 5 heteroatoms. The van der Waals surface area contributed by atoms with E-state index < -0.39 is 0 Å². The Bertz CT molecular complexity index is 581. The van der Waals surface area contributed by atoms with Crippen molar-refractivity contribution in [2.45, 2.75) is 19.3 Å². The van der Waals surface area contributed by atoms with Crippen LogP contribution in [-0.4, -0.2) is 39.0 Å². The van der Waals surface area contributed by atoms with Crippen molar-refractivity contribution < 1.29 is 5.11 Å². The van der Waals surface area contributed by atoms with E-state index in [1.54, 1.807) is 6.07 Å². The third kappa shape index (κ3) is 1.82. The molecule has 0 bridgehead atoms. The van der Waals surface area contributed by atoms with Crippen molar-refractivity contribution in [3.8, 4) is 5.88 Å². The zero-order chi connectivity index (χ0) is 12.7. The van der Waals surface area contributed by atoms with Crippen LogP contribution in [0.15, 0.2) is 22.8 Å². The summed E-state index contributed by atoms with van der Waals surface area (Å²) in [6.07, 6.45) is 1.10. The minimum atomic E-state index is 0.260. The van der Waals surface area contributed by atoms with E-state index in [2.05, 4.69) is 32.7 Å². The predicted molar refractivity (Wildman–Crippen MR) is 74.0 cm³/mol. The average molecular weight is 310 g/mol. The van der Waals surface area contributed by atoms with E-state index in [-0.39, 0.29) is 5.88 Å². The molecule has 0 spiro atoms. The molecule has 1 atom stereocenters. The predicted octanol–water partition coefficient (Wildman–Crippen LogP) is 2.61. The molecule has 1 saturated heterocycles. The van der Waals surface area contributed by atoms with Gasteiger partial charge < -0.3 is 10.0 Å². The molecule has 96 valence electrons. The van der Waals surface area contributed by atoms with E-state index in [9.17, 15) is 5.11 Å². The summed E-state index contributed by atoms with van der Waals surface area (Å²) in [6.45, 7) is 5.39. The number of fused-ring (bicyclic) bond motifs is 1. The molecule has 3 rings (SSSR count). The Morgan fingerprint density at radius 2 is 2.33 bits per heavy atom. The lowest BCUT2D eigenvalue weighted by Crippen LogP contribution is -2.19. The van der Waals surface area contributed by atoms with Crippen LogP contribution in [0.25, 0.3) is 5.52 Å². The van der Waals surface area contributed by atoms with Gasteiger partial charge in [0, 0.05) is 12.5 Å². The number of pyridine rings is 1. The zero-order valence-corrected chi connectivity index (χ0v) is 11.9. The highest BCUT2D eigenvalue weighted by Crippen LogP contribution is 2.32. The van der Waals surface area contributed by atoms with Crippen LogP contribution in [0.2, 0.25) is 0 Å². The van der Waals surface area contributed by atoms with Gasteiger partial charge in [-0.15, -0.1) is 0 Å². The molecule has 2 aromatic rings. The number of hydrogen-bond acceptors (Lipinski definition) is 3. The average Bonchev–Trinajstić information content (AvgIpc) is 2.95. The lowest BCUT2D eigenvalue weighted by Gasteiger charge is -2.12. The highest BCUT2D eigenvalue weighted by molar-refractivity contribution is 9.10. The molecule has 18 heavy (non-hydrogen) atoms. The van der Waals surface area contributed by atoms with Crippen LogP contribution in [0.5, 0.6) is 5.88 Å². The molecule has 1 aliphatic rings. The van der Waals surface area contributed by atoms with Gasteiger partial charge in [-0.3, -0.25) is 4.40 Å². The summed E-state index contributed by atoms with van der Waals surface area (Å²) in [5.41, 5.74) is 0.931. The first kappa shape index (κ1) is 12.0. The van der Waals surface area contributed by atoms with Crippen molar-refractivity contribution >= 4 is 21.4 Å². The van der Waals surface area contributed by atoms with Gasteiger partial charge >= 0.3 is 0 Å². The van der Waals surface area contributed by atoms with Gasteiger partial charge in [0.15, 0.2) is 5.88 Å². The van der Waals surface area contributed by atoms with E-state index in [1.165, 1.54) is 0 Å². The van der Waals surface area contributed by atoms with Crippen molar-refractivity contribution in [2.24, 2.45) is 0 Å². The number of nitrogens with zero attached hydrogens (tertiary/aromatic N) is 3. The van der Waals surface area contributed by atoms with Crippen molar-refractivity contribution in [1.29, 1.82) is 0 Å². The Labute approximate surface area is 114 Å². The van der Waals surface area contributed by atoms with E-state index >= 15 is 0 Å². The van der Waals surface area contributed by atoms with Gasteiger partial charge in [-0.25, -0.2) is 4.98 Å². The maximum absolute atomic E-state index is 10.0. The third-order valence-electron chi connectivity index (χ3n) is 3.71. The van der Waals surface area contributed by atoms with E-state index in [4.69, 9.17) is 0 Å². The molecule has 1 unspecified atom stereocenters. The van der Waals surface area contributed by atoms with Crippen molar-refractivity contribution in [3.63, 3.8) is 0 Å². The Hall–Kier alpha value is -1.07. The zero-order valence-electron chi connectivity index (χ0n) is 10.3. The molecular weight excluding hydrogens is 294 g/mol. The number of likely N-dealkylation sites (tertiary alicyclic amines) is 1. The summed E-state index contributed by atoms with van der Waals surface area (Å²) in [4.78, 5) is 7.01. The number of hydrogen-bond donors (Lipinski definition) is 1. The second-order valence-corrected chi connectivity index (χ2v) is 5.50. The van der Waals surface area contributed by atoms with Gasteiger partial charge in [0.25, 0.3) is 0 Å². The number of rotatable bonds is 2. The maximum Gasteiger partial charge on any atom is 0.197 e. The molecule has 2 aromatic heterocycles. The van der Waals surface area contributed by atoms with Crippen molar-refractivity contribution in [3.05, 3.63) is 28.6 Å². The largest absolute Gasteiger partial charge is 0.494 e. The molecular formula is C13H16BrN3O. The number of likely N-dealkylation sites (N-methyl/N-ethyl adjacent to an activating group) is 1. The van der Waals surface area contributed by atoms with Crippen LogP contribution in [0.1, 0.15) is 25.1 Å². The molecule has 1 fully saturated rings. The van der Waals surface area contributed by atoms with Crippen LogP contribution in [0.4, 0.5) is 0 Å². The first-order chi connectivity index (χ1) is 8.70. The molecule has 0 saturated carbocycles. The molecule has 4 nitrogen and oxygen atoms in total. The fraction of sp³-hybridized carbons (Fsp3) is 0.462. The van der Waals surface area contributed by atoms with Crippen molar-refractivity contribution in [2.75, 3.05) is 19.6 Å². The summed E-state index contributed by atoms with van der Waals surface area (Å²) >= 11 is 3.47. The molecule has 0 radical (unpaired) electrons. The molecule has 0 amide bonds.